The number of rotatable bonds is 4. The van der Waals surface area contributed by atoms with Crippen molar-refractivity contribution in [3.63, 3.8) is 0 Å². The Labute approximate surface area is 137 Å². The Balaban J connectivity index is 1.79. The van der Waals surface area contributed by atoms with Crippen molar-refractivity contribution >= 4 is 27.5 Å². The zero-order valence-corrected chi connectivity index (χ0v) is 13.6. The van der Waals surface area contributed by atoms with Crippen LogP contribution in [0.4, 0.5) is 4.39 Å². The number of methoxy groups -OCH3 is 1. The highest BCUT2D eigenvalue weighted by atomic mass is 32.1. The molecule has 0 aliphatic heterocycles. The van der Waals surface area contributed by atoms with Crippen molar-refractivity contribution in [3.05, 3.63) is 58.9 Å². The molecule has 0 N–H and O–H groups in total. The molecule has 0 radical (unpaired) electrons. The van der Waals surface area contributed by atoms with Crippen LogP contribution < -0.4 is 4.74 Å². The van der Waals surface area contributed by atoms with Crippen LogP contribution in [0.25, 0.3) is 10.2 Å². The van der Waals surface area contributed by atoms with Gasteiger partial charge in [-0.15, -0.1) is 11.3 Å². The Hall–Kier alpha value is -2.47. The second-order valence-electron chi connectivity index (χ2n) is 5.08. The molecular formula is C17H15FN2O2S. The molecule has 2 aromatic carbocycles. The highest BCUT2D eigenvalue weighted by molar-refractivity contribution is 7.18. The fourth-order valence-corrected chi connectivity index (χ4v) is 3.29. The van der Waals surface area contributed by atoms with Gasteiger partial charge in [0.15, 0.2) is 0 Å². The van der Waals surface area contributed by atoms with Gasteiger partial charge in [0.05, 0.1) is 29.4 Å². The topological polar surface area (TPSA) is 42.4 Å². The summed E-state index contributed by atoms with van der Waals surface area (Å²) >= 11 is 1.53. The molecular weight excluding hydrogens is 315 g/mol. The molecule has 118 valence electrons. The van der Waals surface area contributed by atoms with Crippen LogP contribution in [0.3, 0.4) is 0 Å². The van der Waals surface area contributed by atoms with Gasteiger partial charge in [-0.25, -0.2) is 9.37 Å². The van der Waals surface area contributed by atoms with Crippen molar-refractivity contribution in [2.45, 2.75) is 6.54 Å². The molecule has 0 aliphatic carbocycles. The molecule has 3 rings (SSSR count). The number of fused-ring (bicyclic) bond motifs is 1. The minimum absolute atomic E-state index is 0.0226. The van der Waals surface area contributed by atoms with Crippen molar-refractivity contribution in [3.8, 4) is 5.75 Å². The molecule has 1 amide bonds. The average molecular weight is 330 g/mol. The minimum atomic E-state index is -0.592. The van der Waals surface area contributed by atoms with Crippen LogP contribution in [0, 0.1) is 5.82 Å². The van der Waals surface area contributed by atoms with Crippen molar-refractivity contribution in [1.29, 1.82) is 0 Å². The Bertz CT molecular complexity index is 830. The first-order valence-electron chi connectivity index (χ1n) is 7.02. The summed E-state index contributed by atoms with van der Waals surface area (Å²) < 4.78 is 20.0. The second kappa shape index (κ2) is 6.34. The summed E-state index contributed by atoms with van der Waals surface area (Å²) in [5, 5.41) is 0.816. The fraction of sp³-hybridized carbons (Fsp3) is 0.176. The molecule has 0 bridgehead atoms. The van der Waals surface area contributed by atoms with Gasteiger partial charge in [0.1, 0.15) is 16.6 Å². The van der Waals surface area contributed by atoms with Crippen LogP contribution in [-0.2, 0) is 6.54 Å². The first-order chi connectivity index (χ1) is 11.1. The zero-order valence-electron chi connectivity index (χ0n) is 12.7. The maximum Gasteiger partial charge on any atom is 0.256 e. The van der Waals surface area contributed by atoms with Crippen LogP contribution in [0.1, 0.15) is 15.4 Å². The van der Waals surface area contributed by atoms with Gasteiger partial charge in [-0.3, -0.25) is 4.79 Å². The number of carbonyl (C=O) groups excluding carboxylic acids is 1. The third kappa shape index (κ3) is 3.17. The van der Waals surface area contributed by atoms with E-state index in [9.17, 15) is 9.18 Å². The predicted octanol–water partition coefficient (Wildman–Crippen LogP) is 3.72. The molecule has 23 heavy (non-hydrogen) atoms. The quantitative estimate of drug-likeness (QED) is 0.732. The summed E-state index contributed by atoms with van der Waals surface area (Å²) in [7, 11) is 3.09. The van der Waals surface area contributed by atoms with Crippen molar-refractivity contribution in [2.75, 3.05) is 14.2 Å². The van der Waals surface area contributed by atoms with E-state index in [1.807, 2.05) is 24.3 Å². The van der Waals surface area contributed by atoms with Gasteiger partial charge in [0.25, 0.3) is 5.91 Å². The number of amides is 1. The lowest BCUT2D eigenvalue weighted by Crippen LogP contribution is -2.27. The molecule has 0 spiro atoms. The largest absolute Gasteiger partial charge is 0.497 e. The Morgan fingerprint density at radius 3 is 2.78 bits per heavy atom. The third-order valence-electron chi connectivity index (χ3n) is 3.46. The van der Waals surface area contributed by atoms with E-state index in [4.69, 9.17) is 4.74 Å². The lowest BCUT2D eigenvalue weighted by Gasteiger charge is -2.16. The Kier molecular flexibility index (Phi) is 4.25. The second-order valence-corrected chi connectivity index (χ2v) is 6.20. The van der Waals surface area contributed by atoms with Crippen LogP contribution in [0.15, 0.2) is 42.5 Å². The number of aromatic nitrogens is 1. The highest BCUT2D eigenvalue weighted by Crippen LogP contribution is 2.23. The fourth-order valence-electron chi connectivity index (χ4n) is 2.26. The molecule has 0 fully saturated rings. The number of nitrogens with zero attached hydrogens (tertiary/aromatic N) is 2. The lowest BCUT2D eigenvalue weighted by atomic mass is 10.2. The van der Waals surface area contributed by atoms with Gasteiger partial charge in [-0.05, 0) is 24.3 Å². The number of para-hydroxylation sites is 1. The monoisotopic (exact) mass is 330 g/mol. The minimum Gasteiger partial charge on any atom is -0.497 e. The number of carbonyl (C=O) groups is 1. The molecule has 0 atom stereocenters. The van der Waals surface area contributed by atoms with Gasteiger partial charge in [0, 0.05) is 13.1 Å². The number of halogens is 1. The van der Waals surface area contributed by atoms with Crippen LogP contribution in [0.2, 0.25) is 0 Å². The van der Waals surface area contributed by atoms with E-state index in [0.29, 0.717) is 12.3 Å². The number of benzene rings is 2. The molecule has 4 nitrogen and oxygen atoms in total. The van der Waals surface area contributed by atoms with E-state index in [1.165, 1.54) is 35.5 Å². The van der Waals surface area contributed by atoms with Crippen molar-refractivity contribution in [2.24, 2.45) is 0 Å². The summed E-state index contributed by atoms with van der Waals surface area (Å²) in [6.07, 6.45) is 0. The van der Waals surface area contributed by atoms with Crippen LogP contribution in [0.5, 0.6) is 5.75 Å². The van der Waals surface area contributed by atoms with Gasteiger partial charge in [-0.2, -0.15) is 0 Å². The van der Waals surface area contributed by atoms with E-state index < -0.39 is 5.82 Å². The van der Waals surface area contributed by atoms with E-state index in [1.54, 1.807) is 13.1 Å². The molecule has 6 heteroatoms. The SMILES string of the molecule is COc1ccc(C(=O)N(C)Cc2nc3ccccc3s2)c(F)c1. The highest BCUT2D eigenvalue weighted by Gasteiger charge is 2.18. The molecule has 0 saturated heterocycles. The van der Waals surface area contributed by atoms with E-state index >= 15 is 0 Å². The third-order valence-corrected chi connectivity index (χ3v) is 4.49. The molecule has 0 aliphatic rings. The van der Waals surface area contributed by atoms with Gasteiger partial charge in [0.2, 0.25) is 0 Å². The summed E-state index contributed by atoms with van der Waals surface area (Å²) in [6.45, 7) is 0.337. The van der Waals surface area contributed by atoms with Crippen LogP contribution >= 0.6 is 11.3 Å². The molecule has 1 heterocycles. The average Bonchev–Trinajstić information content (AvgIpc) is 2.96. The first kappa shape index (κ1) is 15.4. The molecule has 1 aromatic heterocycles. The number of hydrogen-bond acceptors (Lipinski definition) is 4. The Morgan fingerprint density at radius 1 is 1.30 bits per heavy atom. The number of thiazole rings is 1. The van der Waals surface area contributed by atoms with Gasteiger partial charge in [-0.1, -0.05) is 12.1 Å². The summed E-state index contributed by atoms with van der Waals surface area (Å²) in [4.78, 5) is 18.4. The van der Waals surface area contributed by atoms with Crippen LogP contribution in [-0.4, -0.2) is 29.9 Å². The lowest BCUT2D eigenvalue weighted by molar-refractivity contribution is 0.0780. The van der Waals surface area contributed by atoms with E-state index in [-0.39, 0.29) is 11.5 Å². The van der Waals surface area contributed by atoms with E-state index in [2.05, 4.69) is 4.98 Å². The number of hydrogen-bond donors (Lipinski definition) is 0. The summed E-state index contributed by atoms with van der Waals surface area (Å²) in [5.74, 6) is -0.595. The van der Waals surface area contributed by atoms with Crippen molar-refractivity contribution in [1.82, 2.24) is 9.88 Å². The smallest absolute Gasteiger partial charge is 0.256 e. The van der Waals surface area contributed by atoms with E-state index in [0.717, 1.165) is 15.2 Å². The van der Waals surface area contributed by atoms with Gasteiger partial charge < -0.3 is 9.64 Å². The standard InChI is InChI=1S/C17H15FN2O2S/c1-20(10-16-19-14-5-3-4-6-15(14)23-16)17(21)12-8-7-11(22-2)9-13(12)18/h3-9H,10H2,1-2H3. The normalized spacial score (nSPS) is 10.7. The summed E-state index contributed by atoms with van der Waals surface area (Å²) in [5.41, 5.74) is 0.929. The predicted molar refractivity (Wildman–Crippen MR) is 88.4 cm³/mol. The first-order valence-corrected chi connectivity index (χ1v) is 7.83. The summed E-state index contributed by atoms with van der Waals surface area (Å²) in [6, 6.07) is 12.0. The van der Waals surface area contributed by atoms with Gasteiger partial charge >= 0.3 is 0 Å². The zero-order chi connectivity index (χ0) is 16.4. The maximum atomic E-state index is 14.0. The molecule has 0 saturated carbocycles. The Morgan fingerprint density at radius 2 is 2.09 bits per heavy atom. The molecule has 3 aromatic rings. The number of ether oxygens (including phenoxy) is 1. The molecule has 0 unspecified atom stereocenters. The maximum absolute atomic E-state index is 14.0. The van der Waals surface area contributed by atoms with Crippen molar-refractivity contribution < 1.29 is 13.9 Å².